The number of rotatable bonds is 3. The van der Waals surface area contributed by atoms with E-state index in [1.165, 1.54) is 0 Å². The molecule has 0 saturated carbocycles. The second-order valence-electron chi connectivity index (χ2n) is 7.97. The molecule has 0 bridgehead atoms. The van der Waals surface area contributed by atoms with Crippen LogP contribution in [0.3, 0.4) is 0 Å². The predicted molar refractivity (Wildman–Crippen MR) is 119 cm³/mol. The van der Waals surface area contributed by atoms with Crippen LogP contribution in [0.1, 0.15) is 12.8 Å². The lowest BCUT2D eigenvalue weighted by Crippen LogP contribution is -2.52. The Hall–Kier alpha value is -3.31. The number of alkyl halides is 1. The summed E-state index contributed by atoms with van der Waals surface area (Å²) in [6.07, 6.45) is 6.53. The fourth-order valence-electron chi connectivity index (χ4n) is 4.10. The van der Waals surface area contributed by atoms with Gasteiger partial charge in [-0.15, -0.1) is 5.10 Å². The van der Waals surface area contributed by atoms with Crippen molar-refractivity contribution >= 4 is 22.9 Å². The predicted octanol–water partition coefficient (Wildman–Crippen LogP) is 1.88. The highest BCUT2D eigenvalue weighted by Gasteiger charge is 2.30. The van der Waals surface area contributed by atoms with Gasteiger partial charge in [-0.1, -0.05) is 0 Å². The molecule has 6 heterocycles. The summed E-state index contributed by atoms with van der Waals surface area (Å²) in [4.78, 5) is 10.6. The summed E-state index contributed by atoms with van der Waals surface area (Å²) in [7, 11) is 1.80. The number of nitrogens with one attached hydrogen (secondary N) is 1. The van der Waals surface area contributed by atoms with Crippen LogP contribution in [0.4, 0.5) is 16.2 Å². The highest BCUT2D eigenvalue weighted by molar-refractivity contribution is 5.87. The molecule has 0 amide bonds. The number of likely N-dealkylation sites (tertiary alicyclic amines) is 1. The van der Waals surface area contributed by atoms with E-state index in [0.717, 1.165) is 55.0 Å². The Bertz CT molecular complexity index is 1220. The standard InChI is InChI=1S/C13H12N8.C8H14FNO/c1-15-12-11-8(4-6-21(11)19-13(14)17-12)9-2-3-10-16-5-7-20(10)18-9;9-7-2-1-3-10(4-7)8-5-11-6-8/h2-7H,1H3,(H3,14,15,17,19);7-8H,1-6H2/t;7-/m.1/s1. The van der Waals surface area contributed by atoms with Crippen LogP contribution in [0.2, 0.25) is 0 Å². The molecule has 6 rings (SSSR count). The third-order valence-electron chi connectivity index (χ3n) is 5.83. The molecule has 10 nitrogen and oxygen atoms in total. The molecule has 0 unspecified atom stereocenters. The molecule has 2 saturated heterocycles. The number of halogens is 1. The molecule has 4 aromatic rings. The van der Waals surface area contributed by atoms with Crippen LogP contribution in [-0.2, 0) is 4.74 Å². The number of nitrogens with two attached hydrogens (primary N) is 1. The van der Waals surface area contributed by atoms with Crippen molar-refractivity contribution in [3.8, 4) is 11.3 Å². The van der Waals surface area contributed by atoms with Gasteiger partial charge in [0.1, 0.15) is 11.7 Å². The zero-order chi connectivity index (χ0) is 22.1. The van der Waals surface area contributed by atoms with E-state index in [9.17, 15) is 4.39 Å². The molecular formula is C21H26FN9O. The number of anilines is 2. The van der Waals surface area contributed by atoms with Crippen molar-refractivity contribution in [3.63, 3.8) is 0 Å². The van der Waals surface area contributed by atoms with Crippen LogP contribution in [0.15, 0.2) is 36.8 Å². The number of piperidine rings is 1. The number of nitrogen functional groups attached to an aromatic ring is 1. The van der Waals surface area contributed by atoms with Crippen molar-refractivity contribution in [2.75, 3.05) is 44.4 Å². The first-order chi connectivity index (χ1) is 15.6. The Balaban J connectivity index is 0.000000165. The van der Waals surface area contributed by atoms with E-state index in [-0.39, 0.29) is 5.95 Å². The Morgan fingerprint density at radius 3 is 2.78 bits per heavy atom. The van der Waals surface area contributed by atoms with Gasteiger partial charge in [0.25, 0.3) is 0 Å². The van der Waals surface area contributed by atoms with E-state index in [1.807, 2.05) is 30.6 Å². The second-order valence-corrected chi connectivity index (χ2v) is 7.97. The van der Waals surface area contributed by atoms with Crippen molar-refractivity contribution in [2.24, 2.45) is 0 Å². The molecular weight excluding hydrogens is 413 g/mol. The summed E-state index contributed by atoms with van der Waals surface area (Å²) in [5, 5.41) is 11.8. The molecule has 11 heteroatoms. The van der Waals surface area contributed by atoms with Crippen molar-refractivity contribution < 1.29 is 9.13 Å². The summed E-state index contributed by atoms with van der Waals surface area (Å²) in [5.74, 6) is 0.877. The van der Waals surface area contributed by atoms with Crippen molar-refractivity contribution in [3.05, 3.63) is 36.8 Å². The topological polar surface area (TPSA) is 111 Å². The average Bonchev–Trinajstić information content (AvgIpc) is 3.38. The van der Waals surface area contributed by atoms with Gasteiger partial charge < -0.3 is 15.8 Å². The normalized spacial score (nSPS) is 19.5. The highest BCUT2D eigenvalue weighted by atomic mass is 19.1. The van der Waals surface area contributed by atoms with E-state index in [2.05, 4.69) is 30.4 Å². The molecule has 32 heavy (non-hydrogen) atoms. The van der Waals surface area contributed by atoms with Crippen LogP contribution in [0, 0.1) is 0 Å². The highest BCUT2D eigenvalue weighted by Crippen LogP contribution is 2.28. The molecule has 0 aliphatic carbocycles. The van der Waals surface area contributed by atoms with Gasteiger partial charge in [-0.25, -0.2) is 18.4 Å². The van der Waals surface area contributed by atoms with Crippen LogP contribution in [0.5, 0.6) is 0 Å². The fourth-order valence-corrected chi connectivity index (χ4v) is 4.10. The van der Waals surface area contributed by atoms with Crippen LogP contribution in [-0.4, -0.2) is 79.7 Å². The first-order valence-corrected chi connectivity index (χ1v) is 10.7. The monoisotopic (exact) mass is 439 g/mol. The minimum absolute atomic E-state index is 0.215. The number of imidazole rings is 1. The maximum Gasteiger partial charge on any atom is 0.240 e. The Labute approximate surface area is 184 Å². The van der Waals surface area contributed by atoms with E-state index in [0.29, 0.717) is 18.4 Å². The molecule has 2 fully saturated rings. The molecule has 0 radical (unpaired) electrons. The molecule has 3 N–H and O–H groups in total. The molecule has 168 valence electrons. The van der Waals surface area contributed by atoms with Gasteiger partial charge in [0.05, 0.1) is 24.9 Å². The zero-order valence-electron chi connectivity index (χ0n) is 17.9. The van der Waals surface area contributed by atoms with Gasteiger partial charge in [-0.2, -0.15) is 10.1 Å². The lowest BCUT2D eigenvalue weighted by atomic mass is 10.1. The van der Waals surface area contributed by atoms with E-state index in [1.54, 1.807) is 22.3 Å². The SMILES string of the molecule is CNc1nc(N)nn2ccc(-c3ccc4nccn4n3)c12.F[C@@H]1CCCN(C2COC2)C1. The lowest BCUT2D eigenvalue weighted by molar-refractivity contribution is -0.0780. The number of hydrogen-bond donors (Lipinski definition) is 2. The molecule has 0 spiro atoms. The van der Waals surface area contributed by atoms with Crippen LogP contribution in [0.25, 0.3) is 22.4 Å². The van der Waals surface area contributed by atoms with Gasteiger partial charge in [0, 0.05) is 37.7 Å². The summed E-state index contributed by atoms with van der Waals surface area (Å²) in [5.41, 5.74) is 9.07. The number of hydrogen-bond acceptors (Lipinski definition) is 8. The summed E-state index contributed by atoms with van der Waals surface area (Å²) in [6, 6.07) is 6.31. The van der Waals surface area contributed by atoms with Gasteiger partial charge >= 0.3 is 0 Å². The fraction of sp³-hybridized carbons (Fsp3) is 0.429. The quantitative estimate of drug-likeness (QED) is 0.498. The molecule has 0 aromatic carbocycles. The third kappa shape index (κ3) is 3.96. The van der Waals surface area contributed by atoms with Crippen LogP contribution < -0.4 is 11.1 Å². The summed E-state index contributed by atoms with van der Waals surface area (Å²) < 4.78 is 21.4. The smallest absolute Gasteiger partial charge is 0.240 e. The average molecular weight is 439 g/mol. The van der Waals surface area contributed by atoms with Crippen LogP contribution >= 0.6 is 0 Å². The Kier molecular flexibility index (Phi) is 5.58. The van der Waals surface area contributed by atoms with Gasteiger partial charge in [0.2, 0.25) is 5.95 Å². The first-order valence-electron chi connectivity index (χ1n) is 10.7. The van der Waals surface area contributed by atoms with Gasteiger partial charge in [0.15, 0.2) is 11.5 Å². The van der Waals surface area contributed by atoms with Crippen molar-refractivity contribution in [1.82, 2.24) is 34.1 Å². The first kappa shape index (κ1) is 20.6. The number of ether oxygens (including phenoxy) is 1. The molecule has 4 aromatic heterocycles. The largest absolute Gasteiger partial charge is 0.378 e. The summed E-state index contributed by atoms with van der Waals surface area (Å²) >= 11 is 0. The maximum absolute atomic E-state index is 12.9. The molecule has 2 aliphatic rings. The van der Waals surface area contributed by atoms with E-state index < -0.39 is 6.17 Å². The Morgan fingerprint density at radius 1 is 1.16 bits per heavy atom. The van der Waals surface area contributed by atoms with Gasteiger partial charge in [-0.3, -0.25) is 4.90 Å². The molecule has 1 atom stereocenters. The van der Waals surface area contributed by atoms with E-state index >= 15 is 0 Å². The van der Waals surface area contributed by atoms with Crippen molar-refractivity contribution in [1.29, 1.82) is 0 Å². The van der Waals surface area contributed by atoms with E-state index in [4.69, 9.17) is 10.5 Å². The Morgan fingerprint density at radius 2 is 2.03 bits per heavy atom. The molecule has 2 aliphatic heterocycles. The minimum Gasteiger partial charge on any atom is -0.378 e. The third-order valence-corrected chi connectivity index (χ3v) is 5.83. The number of aromatic nitrogens is 6. The number of fused-ring (bicyclic) bond motifs is 2. The number of nitrogens with zero attached hydrogens (tertiary/aromatic N) is 7. The second kappa shape index (κ2) is 8.67. The summed E-state index contributed by atoms with van der Waals surface area (Å²) in [6.45, 7) is 3.32. The zero-order valence-corrected chi connectivity index (χ0v) is 17.9. The maximum atomic E-state index is 12.9. The van der Waals surface area contributed by atoms with Gasteiger partial charge in [-0.05, 0) is 37.6 Å². The van der Waals surface area contributed by atoms with Crippen molar-refractivity contribution in [2.45, 2.75) is 25.1 Å². The minimum atomic E-state index is -0.593. The lowest BCUT2D eigenvalue weighted by Gasteiger charge is -2.40.